The smallest absolute Gasteiger partial charge is 0.311 e. The Balaban J connectivity index is 1.11. The number of thioether (sulfide) groups is 4. The maximum atomic E-state index is 12.4. The fourth-order valence-electron chi connectivity index (χ4n) is 5.84. The molecular weight excluding hydrogens is 697 g/mol. The van der Waals surface area contributed by atoms with Crippen LogP contribution in [0.2, 0.25) is 0 Å². The number of esters is 2. The van der Waals surface area contributed by atoms with Crippen molar-refractivity contribution in [2.45, 2.75) is 142 Å². The molecule has 2 aliphatic heterocycles. The molecule has 4 nitrogen and oxygen atoms in total. The molecule has 0 spiro atoms. The molecule has 2 aromatic rings. The second-order valence-electron chi connectivity index (χ2n) is 13.1. The standard InChI is InChI=1S/C42H56O4S4/c1-3-5-7-9-11-13-15-17-19-21-39(43)45-35-27-23-33(24-28-35)37-31-47-41(49-37)42-48-32-38(50-42)34-25-29-36(30-26-34)46-40(44)22-20-18-16-14-12-10-8-6-4-2/h23-32H,3-22H2,1-2H3/b42-41+. The number of benzene rings is 2. The van der Waals surface area contributed by atoms with Gasteiger partial charge in [0.2, 0.25) is 0 Å². The molecule has 4 rings (SSSR count). The molecule has 0 N–H and O–H groups in total. The van der Waals surface area contributed by atoms with E-state index in [-0.39, 0.29) is 11.9 Å². The summed E-state index contributed by atoms with van der Waals surface area (Å²) in [7, 11) is 0. The third-order valence-corrected chi connectivity index (χ3v) is 14.2. The van der Waals surface area contributed by atoms with Gasteiger partial charge in [-0.2, -0.15) is 0 Å². The molecule has 0 radical (unpaired) electrons. The topological polar surface area (TPSA) is 52.6 Å². The Morgan fingerprint density at radius 3 is 1.12 bits per heavy atom. The summed E-state index contributed by atoms with van der Waals surface area (Å²) in [5, 5.41) is 4.41. The van der Waals surface area contributed by atoms with E-state index in [2.05, 4.69) is 24.7 Å². The van der Waals surface area contributed by atoms with Gasteiger partial charge in [-0.25, -0.2) is 0 Å². The van der Waals surface area contributed by atoms with Crippen LogP contribution in [0.15, 0.2) is 67.8 Å². The Kier molecular flexibility index (Phi) is 19.8. The van der Waals surface area contributed by atoms with Crippen molar-refractivity contribution in [2.75, 3.05) is 0 Å². The molecular formula is C42H56O4S4. The van der Waals surface area contributed by atoms with Crippen molar-refractivity contribution in [3.63, 3.8) is 0 Å². The average molecular weight is 753 g/mol. The summed E-state index contributed by atoms with van der Waals surface area (Å²) >= 11 is 7.10. The van der Waals surface area contributed by atoms with E-state index in [1.807, 2.05) is 48.5 Å². The van der Waals surface area contributed by atoms with E-state index in [9.17, 15) is 9.59 Å². The zero-order valence-electron chi connectivity index (χ0n) is 30.2. The highest BCUT2D eigenvalue weighted by molar-refractivity contribution is 8.36. The second-order valence-corrected chi connectivity index (χ2v) is 17.5. The molecule has 0 aliphatic carbocycles. The Hall–Kier alpha value is -2.00. The van der Waals surface area contributed by atoms with Crippen molar-refractivity contribution in [1.29, 1.82) is 0 Å². The maximum absolute atomic E-state index is 12.4. The fourth-order valence-corrected chi connectivity index (χ4v) is 10.8. The highest BCUT2D eigenvalue weighted by Gasteiger charge is 2.23. The third kappa shape index (κ3) is 15.3. The molecule has 2 heterocycles. The van der Waals surface area contributed by atoms with Gasteiger partial charge in [0.15, 0.2) is 0 Å². The van der Waals surface area contributed by atoms with Crippen molar-refractivity contribution in [1.82, 2.24) is 0 Å². The molecule has 2 aliphatic rings. The molecule has 0 unspecified atom stereocenters. The first kappa shape index (κ1) is 40.8. The first-order valence-corrected chi connectivity index (χ1v) is 22.4. The Morgan fingerprint density at radius 1 is 0.460 bits per heavy atom. The number of rotatable bonds is 24. The molecule has 272 valence electrons. The van der Waals surface area contributed by atoms with E-state index in [0.717, 1.165) is 36.8 Å². The minimum atomic E-state index is -0.142. The quantitative estimate of drug-likeness (QED) is 0.0597. The SMILES string of the molecule is CCCCCCCCCCCC(=O)Oc1ccc(C2=CS/C(=C3/SC=C(c4ccc(OC(=O)CCCCCCCCCCC)cc4)S3)S2)cc1. The van der Waals surface area contributed by atoms with Gasteiger partial charge in [-0.1, -0.05) is 188 Å². The first-order chi connectivity index (χ1) is 24.6. The van der Waals surface area contributed by atoms with E-state index in [1.165, 1.54) is 108 Å². The lowest BCUT2D eigenvalue weighted by Crippen LogP contribution is -2.07. The second kappa shape index (κ2) is 24.3. The normalized spacial score (nSPS) is 15.6. The lowest BCUT2D eigenvalue weighted by atomic mass is 10.1. The van der Waals surface area contributed by atoms with Crippen molar-refractivity contribution in [3.05, 3.63) is 78.9 Å². The minimum absolute atomic E-state index is 0.142. The molecule has 0 bridgehead atoms. The lowest BCUT2D eigenvalue weighted by Gasteiger charge is -2.08. The number of unbranched alkanes of at least 4 members (excludes halogenated alkanes) is 16. The molecule has 50 heavy (non-hydrogen) atoms. The summed E-state index contributed by atoms with van der Waals surface area (Å²) in [6.07, 6.45) is 23.2. The number of ether oxygens (including phenoxy) is 2. The summed E-state index contributed by atoms with van der Waals surface area (Å²) in [5.74, 6) is 0.937. The predicted octanol–water partition coefficient (Wildman–Crippen LogP) is 14.7. The van der Waals surface area contributed by atoms with Crippen molar-refractivity contribution >= 4 is 68.8 Å². The van der Waals surface area contributed by atoms with Gasteiger partial charge in [0.25, 0.3) is 0 Å². The van der Waals surface area contributed by atoms with Crippen LogP contribution in [0.1, 0.15) is 153 Å². The van der Waals surface area contributed by atoms with Gasteiger partial charge in [0.1, 0.15) is 11.5 Å². The Labute approximate surface area is 318 Å². The van der Waals surface area contributed by atoms with Gasteiger partial charge in [-0.05, 0) is 59.1 Å². The number of hydrogen-bond acceptors (Lipinski definition) is 8. The van der Waals surface area contributed by atoms with Gasteiger partial charge in [-0.15, -0.1) is 0 Å². The van der Waals surface area contributed by atoms with Gasteiger partial charge < -0.3 is 9.47 Å². The zero-order chi connectivity index (χ0) is 35.2. The molecule has 8 heteroatoms. The number of hydrogen-bond donors (Lipinski definition) is 0. The molecule has 0 amide bonds. The monoisotopic (exact) mass is 752 g/mol. The van der Waals surface area contributed by atoms with Crippen LogP contribution in [0.25, 0.3) is 9.81 Å². The van der Waals surface area contributed by atoms with Crippen LogP contribution < -0.4 is 9.47 Å². The van der Waals surface area contributed by atoms with Crippen LogP contribution in [0.4, 0.5) is 0 Å². The number of carbonyl (C=O) groups excluding carboxylic acids is 2. The predicted molar refractivity (Wildman–Crippen MR) is 221 cm³/mol. The van der Waals surface area contributed by atoms with Crippen LogP contribution in [0.5, 0.6) is 11.5 Å². The van der Waals surface area contributed by atoms with Crippen LogP contribution in [0.3, 0.4) is 0 Å². The van der Waals surface area contributed by atoms with E-state index in [4.69, 9.17) is 9.47 Å². The van der Waals surface area contributed by atoms with Crippen LogP contribution in [0, 0.1) is 0 Å². The summed E-state index contributed by atoms with van der Waals surface area (Å²) < 4.78 is 13.8. The summed E-state index contributed by atoms with van der Waals surface area (Å²) in [6.45, 7) is 4.50. The van der Waals surface area contributed by atoms with Gasteiger partial charge in [0, 0.05) is 22.7 Å². The van der Waals surface area contributed by atoms with E-state index < -0.39 is 0 Å². The van der Waals surface area contributed by atoms with Crippen LogP contribution >= 0.6 is 47.0 Å². The lowest BCUT2D eigenvalue weighted by molar-refractivity contribution is -0.135. The summed E-state index contributed by atoms with van der Waals surface area (Å²) in [5.41, 5.74) is 2.25. The summed E-state index contributed by atoms with van der Waals surface area (Å²) in [4.78, 5) is 27.1. The van der Waals surface area contributed by atoms with Crippen LogP contribution in [-0.4, -0.2) is 11.9 Å². The van der Waals surface area contributed by atoms with Crippen molar-refractivity contribution in [2.24, 2.45) is 0 Å². The van der Waals surface area contributed by atoms with Gasteiger partial charge in [-0.3, -0.25) is 9.59 Å². The van der Waals surface area contributed by atoms with Crippen LogP contribution in [-0.2, 0) is 9.59 Å². The van der Waals surface area contributed by atoms with E-state index in [0.29, 0.717) is 24.3 Å². The molecule has 0 saturated carbocycles. The van der Waals surface area contributed by atoms with E-state index in [1.54, 1.807) is 47.0 Å². The Bertz CT molecular complexity index is 1300. The molecule has 0 aromatic heterocycles. The highest BCUT2D eigenvalue weighted by atomic mass is 32.2. The fraction of sp³-hybridized carbons (Fsp3) is 0.524. The maximum Gasteiger partial charge on any atom is 0.311 e. The number of carbonyl (C=O) groups is 2. The largest absolute Gasteiger partial charge is 0.427 e. The average Bonchev–Trinajstić information content (AvgIpc) is 3.82. The van der Waals surface area contributed by atoms with E-state index >= 15 is 0 Å². The Morgan fingerprint density at radius 2 is 0.780 bits per heavy atom. The highest BCUT2D eigenvalue weighted by Crippen LogP contribution is 2.59. The third-order valence-electron chi connectivity index (χ3n) is 8.83. The zero-order valence-corrected chi connectivity index (χ0v) is 33.4. The molecule has 0 atom stereocenters. The molecule has 2 aromatic carbocycles. The molecule has 0 saturated heterocycles. The molecule has 0 fully saturated rings. The van der Waals surface area contributed by atoms with Crippen molar-refractivity contribution < 1.29 is 19.1 Å². The summed E-state index contributed by atoms with van der Waals surface area (Å²) in [6, 6.07) is 15.8. The first-order valence-electron chi connectivity index (χ1n) is 19.0. The van der Waals surface area contributed by atoms with Gasteiger partial charge >= 0.3 is 11.9 Å². The minimum Gasteiger partial charge on any atom is -0.427 e. The van der Waals surface area contributed by atoms with Crippen molar-refractivity contribution in [3.8, 4) is 11.5 Å². The van der Waals surface area contributed by atoms with Gasteiger partial charge in [0.05, 0.1) is 8.47 Å².